The average molecular weight is 169 g/mol. The van der Waals surface area contributed by atoms with Gasteiger partial charge in [-0.05, 0) is 19.3 Å². The van der Waals surface area contributed by atoms with Crippen LogP contribution in [0.4, 0.5) is 0 Å². The average Bonchev–Trinajstić information content (AvgIpc) is 2.17. The Morgan fingerprint density at radius 2 is 1.83 bits per heavy atom. The van der Waals surface area contributed by atoms with Gasteiger partial charge in [0.2, 0.25) is 0 Å². The minimum atomic E-state index is -0.128. The molecule has 0 saturated carbocycles. The van der Waals surface area contributed by atoms with Crippen LogP contribution in [0.1, 0.15) is 19.3 Å². The fourth-order valence-corrected chi connectivity index (χ4v) is 1.35. The number of carbonyl (C=O) groups excluding carboxylic acids is 1. The Kier molecular flexibility index (Phi) is 2.96. The van der Waals surface area contributed by atoms with E-state index in [1.807, 2.05) is 0 Å². The highest BCUT2D eigenvalue weighted by Gasteiger charge is 2.17. The van der Waals surface area contributed by atoms with Crippen LogP contribution >= 0.6 is 0 Å². The summed E-state index contributed by atoms with van der Waals surface area (Å²) in [4.78, 5) is 13.1. The minimum Gasteiger partial charge on any atom is -0.403 e. The largest absolute Gasteiger partial charge is 0.403 e. The second-order valence-electron chi connectivity index (χ2n) is 2.97. The molecule has 12 heavy (non-hydrogen) atoms. The third-order valence-corrected chi connectivity index (χ3v) is 2.07. The van der Waals surface area contributed by atoms with E-state index in [-0.39, 0.29) is 11.6 Å². The van der Waals surface area contributed by atoms with E-state index < -0.39 is 0 Å². The molecule has 68 valence electrons. The summed E-state index contributed by atoms with van der Waals surface area (Å²) in [6.45, 7) is 1.63. The van der Waals surface area contributed by atoms with Crippen LogP contribution in [0.2, 0.25) is 0 Å². The number of piperidine rings is 1. The van der Waals surface area contributed by atoms with Crippen LogP contribution < -0.4 is 11.5 Å². The summed E-state index contributed by atoms with van der Waals surface area (Å²) in [7, 11) is 0. The molecule has 0 aromatic heterocycles. The third-order valence-electron chi connectivity index (χ3n) is 2.07. The summed E-state index contributed by atoms with van der Waals surface area (Å²) in [5.74, 6) is -0.128. The van der Waals surface area contributed by atoms with Gasteiger partial charge in [-0.25, -0.2) is 0 Å². The smallest absolute Gasteiger partial charge is 0.271 e. The van der Waals surface area contributed by atoms with Gasteiger partial charge in [0.05, 0.1) is 0 Å². The molecule has 1 heterocycles. The molecule has 1 amide bonds. The first-order valence-corrected chi connectivity index (χ1v) is 4.22. The summed E-state index contributed by atoms with van der Waals surface area (Å²) in [5, 5.41) is 0. The predicted molar refractivity (Wildman–Crippen MR) is 46.9 cm³/mol. The molecular formula is C8H15N3O. The molecule has 1 rings (SSSR count). The van der Waals surface area contributed by atoms with Crippen LogP contribution in [-0.4, -0.2) is 23.9 Å². The van der Waals surface area contributed by atoms with Gasteiger partial charge in [0.25, 0.3) is 5.91 Å². The zero-order valence-electron chi connectivity index (χ0n) is 7.12. The van der Waals surface area contributed by atoms with Gasteiger partial charge < -0.3 is 16.4 Å². The monoisotopic (exact) mass is 169 g/mol. The minimum absolute atomic E-state index is 0.128. The first-order valence-electron chi connectivity index (χ1n) is 4.22. The van der Waals surface area contributed by atoms with Crippen molar-refractivity contribution in [2.75, 3.05) is 13.1 Å². The van der Waals surface area contributed by atoms with E-state index in [1.54, 1.807) is 4.90 Å². The lowest BCUT2D eigenvalue weighted by Crippen LogP contribution is -2.38. The number of hydrogen-bond donors (Lipinski definition) is 2. The maximum Gasteiger partial charge on any atom is 0.271 e. The molecule has 1 aliphatic heterocycles. The van der Waals surface area contributed by atoms with E-state index in [0.717, 1.165) is 32.1 Å². The lowest BCUT2D eigenvalue weighted by molar-refractivity contribution is -0.128. The van der Waals surface area contributed by atoms with Crippen molar-refractivity contribution in [2.24, 2.45) is 11.5 Å². The first kappa shape index (κ1) is 8.90. The quantitative estimate of drug-likeness (QED) is 0.532. The Morgan fingerprint density at radius 3 is 2.33 bits per heavy atom. The van der Waals surface area contributed by atoms with Crippen molar-refractivity contribution in [2.45, 2.75) is 19.3 Å². The van der Waals surface area contributed by atoms with Gasteiger partial charge in [-0.1, -0.05) is 0 Å². The number of carbonyl (C=O) groups is 1. The molecule has 0 bridgehead atoms. The summed E-state index contributed by atoms with van der Waals surface area (Å²) in [6.07, 6.45) is 4.51. The van der Waals surface area contributed by atoms with Gasteiger partial charge >= 0.3 is 0 Å². The maximum atomic E-state index is 11.4. The third kappa shape index (κ3) is 1.90. The molecule has 1 saturated heterocycles. The van der Waals surface area contributed by atoms with Crippen molar-refractivity contribution in [3.8, 4) is 0 Å². The SMILES string of the molecule is N/C=C(\N)C(=O)N1CCCCC1. The lowest BCUT2D eigenvalue weighted by atomic mass is 10.1. The highest BCUT2D eigenvalue weighted by atomic mass is 16.2. The van der Waals surface area contributed by atoms with Crippen LogP contribution in [-0.2, 0) is 4.79 Å². The molecule has 0 aromatic rings. The Labute approximate surface area is 72.2 Å². The summed E-state index contributed by atoms with van der Waals surface area (Å²) < 4.78 is 0. The molecule has 4 nitrogen and oxygen atoms in total. The van der Waals surface area contributed by atoms with E-state index in [9.17, 15) is 4.79 Å². The van der Waals surface area contributed by atoms with Gasteiger partial charge in [0, 0.05) is 19.3 Å². The van der Waals surface area contributed by atoms with Crippen LogP contribution in [0.5, 0.6) is 0 Å². The Hall–Kier alpha value is -1.19. The van der Waals surface area contributed by atoms with E-state index in [0.29, 0.717) is 0 Å². The Morgan fingerprint density at radius 1 is 1.25 bits per heavy atom. The standard InChI is InChI=1S/C8H15N3O/c9-6-7(10)8(12)11-4-2-1-3-5-11/h6H,1-5,9-10H2/b7-6-. The Balaban J connectivity index is 2.51. The second kappa shape index (κ2) is 3.99. The zero-order chi connectivity index (χ0) is 8.97. The number of hydrogen-bond acceptors (Lipinski definition) is 3. The van der Waals surface area contributed by atoms with Gasteiger partial charge in [-0.15, -0.1) is 0 Å². The zero-order valence-corrected chi connectivity index (χ0v) is 7.12. The highest BCUT2D eigenvalue weighted by Crippen LogP contribution is 2.09. The summed E-state index contributed by atoms with van der Waals surface area (Å²) >= 11 is 0. The fourth-order valence-electron chi connectivity index (χ4n) is 1.35. The summed E-state index contributed by atoms with van der Waals surface area (Å²) in [6, 6.07) is 0. The number of amides is 1. The van der Waals surface area contributed by atoms with E-state index in [4.69, 9.17) is 11.5 Å². The number of likely N-dealkylation sites (tertiary alicyclic amines) is 1. The molecule has 4 heteroatoms. The van der Waals surface area contributed by atoms with E-state index in [2.05, 4.69) is 0 Å². The van der Waals surface area contributed by atoms with Crippen LogP contribution in [0.25, 0.3) is 0 Å². The molecule has 0 aliphatic carbocycles. The molecule has 1 aliphatic rings. The van der Waals surface area contributed by atoms with Gasteiger partial charge in [-0.2, -0.15) is 0 Å². The van der Waals surface area contributed by atoms with Crippen molar-refractivity contribution < 1.29 is 4.79 Å². The van der Waals surface area contributed by atoms with Crippen molar-refractivity contribution in [1.29, 1.82) is 0 Å². The van der Waals surface area contributed by atoms with E-state index in [1.165, 1.54) is 6.42 Å². The molecule has 0 aromatic carbocycles. The Bertz CT molecular complexity index is 194. The molecule has 1 fully saturated rings. The van der Waals surface area contributed by atoms with Crippen molar-refractivity contribution >= 4 is 5.91 Å². The molecule has 0 radical (unpaired) electrons. The normalized spacial score (nSPS) is 19.3. The van der Waals surface area contributed by atoms with Gasteiger partial charge in [-0.3, -0.25) is 4.79 Å². The van der Waals surface area contributed by atoms with Gasteiger partial charge in [0.1, 0.15) is 5.70 Å². The second-order valence-corrected chi connectivity index (χ2v) is 2.97. The van der Waals surface area contributed by atoms with Crippen LogP contribution in [0, 0.1) is 0 Å². The number of nitrogens with zero attached hydrogens (tertiary/aromatic N) is 1. The van der Waals surface area contributed by atoms with Crippen LogP contribution in [0.3, 0.4) is 0 Å². The van der Waals surface area contributed by atoms with Crippen LogP contribution in [0.15, 0.2) is 11.9 Å². The molecule has 0 spiro atoms. The molecule has 0 unspecified atom stereocenters. The first-order chi connectivity index (χ1) is 5.75. The summed E-state index contributed by atoms with van der Waals surface area (Å²) in [5.41, 5.74) is 10.7. The topological polar surface area (TPSA) is 72.3 Å². The predicted octanol–water partition coefficient (Wildman–Crippen LogP) is -0.242. The van der Waals surface area contributed by atoms with E-state index >= 15 is 0 Å². The van der Waals surface area contributed by atoms with Gasteiger partial charge in [0.15, 0.2) is 0 Å². The van der Waals surface area contributed by atoms with Crippen molar-refractivity contribution in [3.05, 3.63) is 11.9 Å². The lowest BCUT2D eigenvalue weighted by Gasteiger charge is -2.26. The number of rotatable bonds is 1. The van der Waals surface area contributed by atoms with Crippen molar-refractivity contribution in [3.63, 3.8) is 0 Å². The highest BCUT2D eigenvalue weighted by molar-refractivity contribution is 5.92. The molecular weight excluding hydrogens is 154 g/mol. The number of nitrogens with two attached hydrogens (primary N) is 2. The van der Waals surface area contributed by atoms with Crippen molar-refractivity contribution in [1.82, 2.24) is 4.90 Å². The fraction of sp³-hybridized carbons (Fsp3) is 0.625. The maximum absolute atomic E-state index is 11.4. The molecule has 0 atom stereocenters. The molecule has 4 N–H and O–H groups in total.